The van der Waals surface area contributed by atoms with Crippen molar-refractivity contribution in [2.75, 3.05) is 0 Å². The molecule has 114 valence electrons. The number of hydrogen-bond donors (Lipinski definition) is 3. The highest BCUT2D eigenvalue weighted by Crippen LogP contribution is 2.23. The molecule has 0 saturated heterocycles. The van der Waals surface area contributed by atoms with Gasteiger partial charge in [0.25, 0.3) is 5.56 Å². The molecule has 22 heavy (non-hydrogen) atoms. The predicted molar refractivity (Wildman–Crippen MR) is 80.1 cm³/mol. The molecule has 0 aliphatic heterocycles. The number of carboxylic acid groups (broad SMARTS) is 2. The first-order valence-corrected chi connectivity index (χ1v) is 6.75. The number of nitrogens with zero attached hydrogens (tertiary/aromatic N) is 1. The lowest BCUT2D eigenvalue weighted by Gasteiger charge is -2.13. The van der Waals surface area contributed by atoms with E-state index in [0.717, 1.165) is 10.6 Å². The first kappa shape index (κ1) is 15.8. The molecule has 0 spiro atoms. The molecule has 0 atom stereocenters. The van der Waals surface area contributed by atoms with Crippen molar-refractivity contribution >= 4 is 27.9 Å². The minimum absolute atomic E-state index is 0.0838. The Kier molecular flexibility index (Phi) is 4.05. The molecule has 0 bridgehead atoms. The van der Waals surface area contributed by atoms with Crippen LogP contribution < -0.4 is 5.56 Å². The fraction of sp³-hybridized carbons (Fsp3) is 0.0714. The summed E-state index contributed by atoms with van der Waals surface area (Å²) in [4.78, 5) is 34.5. The second-order valence-corrected chi connectivity index (χ2v) is 5.30. The molecule has 2 rings (SSSR count). The first-order valence-electron chi connectivity index (χ1n) is 5.95. The first-order chi connectivity index (χ1) is 10.2. The van der Waals surface area contributed by atoms with Gasteiger partial charge in [-0.3, -0.25) is 9.36 Å². The zero-order chi connectivity index (χ0) is 16.6. The fourth-order valence-corrected chi connectivity index (χ4v) is 2.29. The summed E-state index contributed by atoms with van der Waals surface area (Å²) in [5.41, 5.74) is -0.739. The number of halogens is 1. The van der Waals surface area contributed by atoms with E-state index in [-0.39, 0.29) is 27.0 Å². The number of aromatic hydroxyl groups is 1. The van der Waals surface area contributed by atoms with Crippen molar-refractivity contribution in [3.63, 3.8) is 0 Å². The van der Waals surface area contributed by atoms with Crippen molar-refractivity contribution in [3.05, 3.63) is 55.9 Å². The van der Waals surface area contributed by atoms with Crippen LogP contribution in [0.5, 0.6) is 5.75 Å². The highest BCUT2D eigenvalue weighted by Gasteiger charge is 2.16. The van der Waals surface area contributed by atoms with Gasteiger partial charge >= 0.3 is 11.9 Å². The molecule has 0 saturated carbocycles. The lowest BCUT2D eigenvalue weighted by Crippen LogP contribution is -2.22. The number of carbonyl (C=O) groups is 2. The number of rotatable bonds is 3. The Morgan fingerprint density at radius 1 is 1.05 bits per heavy atom. The Labute approximate surface area is 132 Å². The van der Waals surface area contributed by atoms with Crippen LogP contribution in [0.1, 0.15) is 26.4 Å². The smallest absolute Gasteiger partial charge is 0.335 e. The second kappa shape index (κ2) is 5.64. The maximum absolute atomic E-state index is 12.2. The van der Waals surface area contributed by atoms with Crippen LogP contribution in [0.4, 0.5) is 0 Å². The maximum atomic E-state index is 12.2. The summed E-state index contributed by atoms with van der Waals surface area (Å²) in [5.74, 6) is -2.88. The standard InChI is InChI=1S/C14H10BrNO6/c1-6-2-10(17)11(15)12(18)16(6)9-4-7(13(19)20)3-8(5-9)14(21)22/h2-5,17H,1H3,(H,19,20)(H,21,22). The Bertz CT molecular complexity index is 823. The fourth-order valence-electron chi connectivity index (χ4n) is 2.00. The molecule has 0 unspecified atom stereocenters. The summed E-state index contributed by atoms with van der Waals surface area (Å²) in [5, 5.41) is 27.7. The van der Waals surface area contributed by atoms with E-state index in [0.29, 0.717) is 5.69 Å². The average molecular weight is 368 g/mol. The number of aryl methyl sites for hydroxylation is 1. The second-order valence-electron chi connectivity index (χ2n) is 4.50. The number of aromatic nitrogens is 1. The number of aromatic carboxylic acids is 2. The van der Waals surface area contributed by atoms with Crippen LogP contribution >= 0.6 is 15.9 Å². The Hall–Kier alpha value is -2.61. The molecule has 0 radical (unpaired) electrons. The van der Waals surface area contributed by atoms with Gasteiger partial charge in [0, 0.05) is 11.8 Å². The molecule has 1 aromatic heterocycles. The lowest BCUT2D eigenvalue weighted by molar-refractivity contribution is 0.0696. The lowest BCUT2D eigenvalue weighted by atomic mass is 10.1. The largest absolute Gasteiger partial charge is 0.506 e. The van der Waals surface area contributed by atoms with E-state index < -0.39 is 17.5 Å². The van der Waals surface area contributed by atoms with E-state index in [1.54, 1.807) is 0 Å². The molecule has 0 aliphatic carbocycles. The van der Waals surface area contributed by atoms with Crippen molar-refractivity contribution in [3.8, 4) is 11.4 Å². The quantitative estimate of drug-likeness (QED) is 0.763. The maximum Gasteiger partial charge on any atom is 0.335 e. The van der Waals surface area contributed by atoms with Gasteiger partial charge in [-0.05, 0) is 41.1 Å². The van der Waals surface area contributed by atoms with Gasteiger partial charge in [-0.15, -0.1) is 0 Å². The Morgan fingerprint density at radius 2 is 1.55 bits per heavy atom. The molecule has 3 N–H and O–H groups in total. The summed E-state index contributed by atoms with van der Waals surface area (Å²) < 4.78 is 1.01. The van der Waals surface area contributed by atoms with E-state index in [2.05, 4.69) is 15.9 Å². The average Bonchev–Trinajstić information content (AvgIpc) is 2.44. The van der Waals surface area contributed by atoms with E-state index in [9.17, 15) is 19.5 Å². The number of pyridine rings is 1. The van der Waals surface area contributed by atoms with Crippen molar-refractivity contribution in [2.24, 2.45) is 0 Å². The van der Waals surface area contributed by atoms with Gasteiger partial charge < -0.3 is 15.3 Å². The van der Waals surface area contributed by atoms with Gasteiger partial charge in [-0.2, -0.15) is 0 Å². The molecule has 2 aromatic rings. The van der Waals surface area contributed by atoms with Crippen LogP contribution in [0.15, 0.2) is 33.5 Å². The topological polar surface area (TPSA) is 117 Å². The summed E-state index contributed by atoms with van der Waals surface area (Å²) in [6, 6.07) is 4.68. The van der Waals surface area contributed by atoms with Crippen molar-refractivity contribution < 1.29 is 24.9 Å². The highest BCUT2D eigenvalue weighted by molar-refractivity contribution is 9.10. The van der Waals surface area contributed by atoms with Crippen LogP contribution in [-0.2, 0) is 0 Å². The Morgan fingerprint density at radius 3 is 2.00 bits per heavy atom. The van der Waals surface area contributed by atoms with Gasteiger partial charge in [-0.25, -0.2) is 9.59 Å². The van der Waals surface area contributed by atoms with Crippen LogP contribution in [0.25, 0.3) is 5.69 Å². The van der Waals surface area contributed by atoms with Gasteiger partial charge in [-0.1, -0.05) is 0 Å². The predicted octanol–water partition coefficient (Wildman–Crippen LogP) is 2.01. The van der Waals surface area contributed by atoms with Crippen molar-refractivity contribution in [2.45, 2.75) is 6.92 Å². The molecule has 1 aromatic carbocycles. The molecule has 0 fully saturated rings. The van der Waals surface area contributed by atoms with E-state index >= 15 is 0 Å². The van der Waals surface area contributed by atoms with Crippen LogP contribution in [0, 0.1) is 6.92 Å². The molecule has 7 nitrogen and oxygen atoms in total. The molecule has 0 amide bonds. The number of benzene rings is 1. The molecular weight excluding hydrogens is 358 g/mol. The van der Waals surface area contributed by atoms with E-state index in [4.69, 9.17) is 10.2 Å². The normalized spacial score (nSPS) is 10.5. The molecule has 1 heterocycles. The van der Waals surface area contributed by atoms with E-state index in [1.165, 1.54) is 25.1 Å². The van der Waals surface area contributed by atoms with Crippen LogP contribution in [0.3, 0.4) is 0 Å². The summed E-state index contributed by atoms with van der Waals surface area (Å²) in [6.07, 6.45) is 0. The minimum Gasteiger partial charge on any atom is -0.506 e. The van der Waals surface area contributed by atoms with E-state index in [1.807, 2.05) is 0 Å². The van der Waals surface area contributed by atoms with Crippen LogP contribution in [-0.4, -0.2) is 31.8 Å². The summed E-state index contributed by atoms with van der Waals surface area (Å²) >= 11 is 2.94. The van der Waals surface area contributed by atoms with Crippen molar-refractivity contribution in [1.29, 1.82) is 0 Å². The van der Waals surface area contributed by atoms with Gasteiger partial charge in [0.05, 0.1) is 16.8 Å². The Balaban J connectivity index is 2.83. The zero-order valence-electron chi connectivity index (χ0n) is 11.2. The monoisotopic (exact) mass is 367 g/mol. The van der Waals surface area contributed by atoms with Gasteiger partial charge in [0.2, 0.25) is 0 Å². The molecular formula is C14H10BrNO6. The third-order valence-corrected chi connectivity index (χ3v) is 3.73. The third-order valence-electron chi connectivity index (χ3n) is 2.98. The molecule has 0 aliphatic rings. The highest BCUT2D eigenvalue weighted by atomic mass is 79.9. The number of carboxylic acids is 2. The number of hydrogen-bond acceptors (Lipinski definition) is 4. The minimum atomic E-state index is -1.31. The summed E-state index contributed by atoms with van der Waals surface area (Å²) in [7, 11) is 0. The van der Waals surface area contributed by atoms with Crippen LogP contribution in [0.2, 0.25) is 0 Å². The summed E-state index contributed by atoms with van der Waals surface area (Å²) in [6.45, 7) is 1.53. The third kappa shape index (κ3) is 2.73. The SMILES string of the molecule is Cc1cc(O)c(Br)c(=O)n1-c1cc(C(=O)O)cc(C(=O)O)c1. The van der Waals surface area contributed by atoms with Gasteiger partial charge in [0.1, 0.15) is 10.2 Å². The zero-order valence-corrected chi connectivity index (χ0v) is 12.8. The van der Waals surface area contributed by atoms with Crippen molar-refractivity contribution in [1.82, 2.24) is 4.57 Å². The molecule has 8 heteroatoms. The van der Waals surface area contributed by atoms with Gasteiger partial charge in [0.15, 0.2) is 0 Å².